The zero-order chi connectivity index (χ0) is 21.9. The van der Waals surface area contributed by atoms with E-state index in [-0.39, 0.29) is 0 Å². The average Bonchev–Trinajstić information content (AvgIpc) is 2.75. The Labute approximate surface area is 171 Å². The number of benzene rings is 2. The van der Waals surface area contributed by atoms with Gasteiger partial charge in [-0.05, 0) is 47.5 Å². The van der Waals surface area contributed by atoms with Crippen molar-refractivity contribution >= 4 is 30.0 Å². The van der Waals surface area contributed by atoms with Crippen LogP contribution in [-0.4, -0.2) is 37.6 Å². The van der Waals surface area contributed by atoms with Gasteiger partial charge < -0.3 is 14.8 Å². The van der Waals surface area contributed by atoms with Crippen molar-refractivity contribution in [3.63, 3.8) is 0 Å². The molecule has 156 valence electrons. The molecule has 2 aromatic rings. The molecule has 1 amide bonds. The van der Waals surface area contributed by atoms with Gasteiger partial charge in [0.2, 0.25) is 5.91 Å². The molecular formula is C22H19F2NO5. The molecule has 0 saturated heterocycles. The van der Waals surface area contributed by atoms with E-state index >= 15 is 0 Å². The van der Waals surface area contributed by atoms with E-state index in [2.05, 4.69) is 10.1 Å². The van der Waals surface area contributed by atoms with Gasteiger partial charge in [-0.25, -0.2) is 18.4 Å². The summed E-state index contributed by atoms with van der Waals surface area (Å²) < 4.78 is 35.3. The molecule has 30 heavy (non-hydrogen) atoms. The number of carbonyl (C=O) groups is 3. The summed E-state index contributed by atoms with van der Waals surface area (Å²) >= 11 is 0. The van der Waals surface area contributed by atoms with Crippen LogP contribution in [0.4, 0.5) is 8.78 Å². The highest BCUT2D eigenvalue weighted by Gasteiger charge is 2.22. The van der Waals surface area contributed by atoms with Crippen LogP contribution in [0.15, 0.2) is 60.7 Å². The Morgan fingerprint density at radius 2 is 1.40 bits per heavy atom. The average molecular weight is 415 g/mol. The fourth-order valence-corrected chi connectivity index (χ4v) is 2.23. The van der Waals surface area contributed by atoms with Gasteiger partial charge in [-0.3, -0.25) is 4.79 Å². The van der Waals surface area contributed by atoms with Crippen LogP contribution in [0.5, 0.6) is 0 Å². The molecule has 0 aliphatic carbocycles. The van der Waals surface area contributed by atoms with Crippen molar-refractivity contribution < 1.29 is 32.6 Å². The Morgan fingerprint density at radius 1 is 0.900 bits per heavy atom. The number of hydrogen-bond acceptors (Lipinski definition) is 5. The summed E-state index contributed by atoms with van der Waals surface area (Å²) in [6.45, 7) is -0.449. The Kier molecular flexibility index (Phi) is 8.43. The fourth-order valence-electron chi connectivity index (χ4n) is 2.23. The highest BCUT2D eigenvalue weighted by atomic mass is 19.1. The number of rotatable bonds is 8. The van der Waals surface area contributed by atoms with E-state index in [1.165, 1.54) is 60.7 Å². The van der Waals surface area contributed by atoms with Gasteiger partial charge in [-0.2, -0.15) is 0 Å². The maximum Gasteiger partial charge on any atom is 0.331 e. The number of methoxy groups -OCH3 is 1. The van der Waals surface area contributed by atoms with E-state index in [0.29, 0.717) is 11.1 Å². The molecule has 0 unspecified atom stereocenters. The van der Waals surface area contributed by atoms with E-state index in [1.807, 2.05) is 0 Å². The fraction of sp³-hybridized carbons (Fsp3) is 0.136. The lowest BCUT2D eigenvalue weighted by atomic mass is 10.2. The van der Waals surface area contributed by atoms with Crippen molar-refractivity contribution in [2.75, 3.05) is 13.7 Å². The molecule has 2 aromatic carbocycles. The Morgan fingerprint density at radius 3 is 1.90 bits per heavy atom. The first kappa shape index (κ1) is 22.5. The van der Waals surface area contributed by atoms with Gasteiger partial charge in [0.25, 0.3) is 0 Å². The third kappa shape index (κ3) is 7.67. The summed E-state index contributed by atoms with van der Waals surface area (Å²) in [5.74, 6) is -3.00. The molecule has 0 fully saturated rings. The number of nitrogens with one attached hydrogen (secondary N) is 1. The predicted molar refractivity (Wildman–Crippen MR) is 106 cm³/mol. The molecule has 1 N–H and O–H groups in total. The van der Waals surface area contributed by atoms with Crippen LogP contribution >= 0.6 is 0 Å². The largest absolute Gasteiger partial charge is 0.467 e. The van der Waals surface area contributed by atoms with Gasteiger partial charge in [0.15, 0.2) is 6.04 Å². The molecule has 0 aliphatic heterocycles. The van der Waals surface area contributed by atoms with Crippen LogP contribution in [0.2, 0.25) is 0 Å². The minimum atomic E-state index is -1.22. The van der Waals surface area contributed by atoms with Crippen LogP contribution in [0.3, 0.4) is 0 Å². The third-order valence-corrected chi connectivity index (χ3v) is 3.77. The highest BCUT2D eigenvalue weighted by molar-refractivity contribution is 5.95. The molecule has 0 heterocycles. The smallest absolute Gasteiger partial charge is 0.331 e. The summed E-state index contributed by atoms with van der Waals surface area (Å²) in [6, 6.07) is 9.66. The van der Waals surface area contributed by atoms with Crippen LogP contribution in [0.1, 0.15) is 11.1 Å². The minimum absolute atomic E-state index is 0.403. The molecule has 0 aromatic heterocycles. The summed E-state index contributed by atoms with van der Waals surface area (Å²) in [5.41, 5.74) is 1.16. The van der Waals surface area contributed by atoms with E-state index in [1.54, 1.807) is 0 Å². The zero-order valence-electron chi connectivity index (χ0n) is 16.0. The molecule has 2 rings (SSSR count). The minimum Gasteiger partial charge on any atom is -0.467 e. The number of esters is 2. The summed E-state index contributed by atoms with van der Waals surface area (Å²) in [5, 5.41) is 2.37. The molecule has 0 saturated carbocycles. The molecular weight excluding hydrogens is 396 g/mol. The normalized spacial score (nSPS) is 12.0. The third-order valence-electron chi connectivity index (χ3n) is 3.77. The maximum absolute atomic E-state index is 12.9. The number of amides is 1. The summed E-state index contributed by atoms with van der Waals surface area (Å²) in [7, 11) is 1.13. The molecule has 0 spiro atoms. The molecule has 0 bridgehead atoms. The lowest BCUT2D eigenvalue weighted by Gasteiger charge is -2.15. The van der Waals surface area contributed by atoms with Crippen molar-refractivity contribution in [2.24, 2.45) is 0 Å². The zero-order valence-corrected chi connectivity index (χ0v) is 16.0. The quantitative estimate of drug-likeness (QED) is 0.530. The van der Waals surface area contributed by atoms with Crippen LogP contribution in [0, 0.1) is 11.6 Å². The molecule has 6 nitrogen and oxygen atoms in total. The summed E-state index contributed by atoms with van der Waals surface area (Å²) in [6.07, 6.45) is 5.11. The first-order chi connectivity index (χ1) is 14.4. The lowest BCUT2D eigenvalue weighted by Crippen LogP contribution is -2.44. The van der Waals surface area contributed by atoms with Crippen molar-refractivity contribution in [1.82, 2.24) is 5.32 Å². The van der Waals surface area contributed by atoms with Crippen LogP contribution in [0.25, 0.3) is 12.2 Å². The second-order valence-corrected chi connectivity index (χ2v) is 5.98. The lowest BCUT2D eigenvalue weighted by molar-refractivity contribution is -0.149. The monoisotopic (exact) mass is 415 g/mol. The Hall–Kier alpha value is -3.81. The second kappa shape index (κ2) is 11.3. The van der Waals surface area contributed by atoms with Crippen molar-refractivity contribution in [3.05, 3.63) is 83.4 Å². The number of halogens is 2. The maximum atomic E-state index is 12.9. The Bertz CT molecular complexity index is 937. The van der Waals surface area contributed by atoms with E-state index < -0.39 is 42.1 Å². The molecule has 0 radical (unpaired) electrons. The number of carbonyl (C=O) groups excluding carboxylic acids is 3. The van der Waals surface area contributed by atoms with E-state index in [0.717, 1.165) is 19.3 Å². The van der Waals surface area contributed by atoms with Gasteiger partial charge in [0.1, 0.15) is 18.2 Å². The first-order valence-electron chi connectivity index (χ1n) is 8.80. The first-order valence-corrected chi connectivity index (χ1v) is 8.80. The van der Waals surface area contributed by atoms with Crippen LogP contribution in [-0.2, 0) is 23.9 Å². The van der Waals surface area contributed by atoms with Crippen LogP contribution < -0.4 is 5.32 Å². The van der Waals surface area contributed by atoms with Gasteiger partial charge in [0, 0.05) is 12.2 Å². The Balaban J connectivity index is 1.90. The number of ether oxygens (including phenoxy) is 2. The molecule has 1 atom stereocenters. The van der Waals surface area contributed by atoms with Gasteiger partial charge in [-0.15, -0.1) is 0 Å². The predicted octanol–water partition coefficient (Wildman–Crippen LogP) is 2.89. The van der Waals surface area contributed by atoms with Gasteiger partial charge in [-0.1, -0.05) is 24.3 Å². The standard InChI is InChI=1S/C22H19F2NO5/c1-29-22(28)19(25-20(26)12-6-15-2-8-17(23)9-3-15)14-30-21(27)13-7-16-4-10-18(24)11-5-16/h2-13,19H,14H2,1H3,(H,25,26)/b12-6+,13-7+/t19-/m0/s1. The summed E-state index contributed by atoms with van der Waals surface area (Å²) in [4.78, 5) is 35.7. The van der Waals surface area contributed by atoms with E-state index in [4.69, 9.17) is 4.74 Å². The SMILES string of the molecule is COC(=O)[C@H](COC(=O)/C=C/c1ccc(F)cc1)NC(=O)/C=C/c1ccc(F)cc1. The number of hydrogen-bond donors (Lipinski definition) is 1. The van der Waals surface area contributed by atoms with E-state index in [9.17, 15) is 23.2 Å². The van der Waals surface area contributed by atoms with Crippen molar-refractivity contribution in [1.29, 1.82) is 0 Å². The highest BCUT2D eigenvalue weighted by Crippen LogP contribution is 2.06. The second-order valence-electron chi connectivity index (χ2n) is 5.98. The van der Waals surface area contributed by atoms with Crippen molar-refractivity contribution in [3.8, 4) is 0 Å². The van der Waals surface area contributed by atoms with Gasteiger partial charge >= 0.3 is 11.9 Å². The topological polar surface area (TPSA) is 81.7 Å². The van der Waals surface area contributed by atoms with Gasteiger partial charge in [0.05, 0.1) is 7.11 Å². The molecule has 8 heteroatoms. The molecule has 0 aliphatic rings. The van der Waals surface area contributed by atoms with Crippen molar-refractivity contribution in [2.45, 2.75) is 6.04 Å².